The molecule has 1 fully saturated rings. The van der Waals surface area contributed by atoms with Gasteiger partial charge in [-0.05, 0) is 24.0 Å². The quantitative estimate of drug-likeness (QED) is 0.764. The van der Waals surface area contributed by atoms with Gasteiger partial charge in [0, 0.05) is 5.75 Å². The molecule has 7 heteroatoms. The first kappa shape index (κ1) is 13.6. The zero-order chi connectivity index (χ0) is 12.4. The number of rotatable bonds is 6. The van der Waals surface area contributed by atoms with E-state index in [1.165, 1.54) is 0 Å². The van der Waals surface area contributed by atoms with Crippen LogP contribution in [0.25, 0.3) is 0 Å². The van der Waals surface area contributed by atoms with Crippen LogP contribution >= 0.6 is 11.8 Å². The fourth-order valence-corrected chi connectivity index (χ4v) is 2.71. The molecule has 0 aromatic rings. The first-order valence-corrected chi connectivity index (χ1v) is 5.95. The average Bonchev–Trinajstić information content (AvgIpc) is 2.82. The van der Waals surface area contributed by atoms with E-state index in [9.17, 15) is 18.0 Å². The van der Waals surface area contributed by atoms with Crippen molar-refractivity contribution < 1.29 is 28.2 Å². The summed E-state index contributed by atoms with van der Waals surface area (Å²) in [7, 11) is 0. The van der Waals surface area contributed by atoms with Crippen molar-refractivity contribution >= 4 is 17.7 Å². The second kappa shape index (κ2) is 4.83. The van der Waals surface area contributed by atoms with E-state index in [1.807, 2.05) is 0 Å². The van der Waals surface area contributed by atoms with Gasteiger partial charge in [-0.1, -0.05) is 0 Å². The van der Waals surface area contributed by atoms with Crippen LogP contribution in [-0.2, 0) is 4.79 Å². The van der Waals surface area contributed by atoms with E-state index in [0.29, 0.717) is 5.75 Å². The van der Waals surface area contributed by atoms with Crippen LogP contribution in [-0.4, -0.2) is 40.0 Å². The number of hydrogen-bond donors (Lipinski definition) is 2. The Balaban J connectivity index is 2.23. The van der Waals surface area contributed by atoms with E-state index in [1.54, 1.807) is 0 Å². The van der Waals surface area contributed by atoms with E-state index >= 15 is 0 Å². The predicted molar refractivity (Wildman–Crippen MR) is 53.3 cm³/mol. The maximum absolute atomic E-state index is 11.9. The van der Waals surface area contributed by atoms with Gasteiger partial charge in [-0.15, -0.1) is 0 Å². The standard InChI is InChI=1S/C9H13F3O3S/c10-9(11,12)6(13)4-16-5-8(1-2-8)3-7(14)15/h6,13H,1-5H2,(H,14,15). The van der Waals surface area contributed by atoms with E-state index in [-0.39, 0.29) is 11.8 Å². The molecule has 0 spiro atoms. The Morgan fingerprint density at radius 1 is 1.44 bits per heavy atom. The van der Waals surface area contributed by atoms with Gasteiger partial charge in [0.2, 0.25) is 0 Å². The van der Waals surface area contributed by atoms with Gasteiger partial charge in [0.15, 0.2) is 6.10 Å². The molecule has 16 heavy (non-hydrogen) atoms. The molecule has 0 aromatic carbocycles. The molecule has 3 nitrogen and oxygen atoms in total. The fraction of sp³-hybridized carbons (Fsp3) is 0.889. The van der Waals surface area contributed by atoms with Crippen LogP contribution in [0, 0.1) is 5.41 Å². The topological polar surface area (TPSA) is 57.5 Å². The molecular weight excluding hydrogens is 245 g/mol. The predicted octanol–water partition coefficient (Wildman–Crippen LogP) is 1.90. The number of aliphatic carboxylic acids is 1. The smallest absolute Gasteiger partial charge is 0.415 e. The lowest BCUT2D eigenvalue weighted by atomic mass is 10.1. The molecule has 94 valence electrons. The SMILES string of the molecule is O=C(O)CC1(CSCC(O)C(F)(F)F)CC1. The van der Waals surface area contributed by atoms with Gasteiger partial charge >= 0.3 is 12.1 Å². The van der Waals surface area contributed by atoms with Gasteiger partial charge in [0.05, 0.1) is 6.42 Å². The third kappa shape index (κ3) is 4.21. The highest BCUT2D eigenvalue weighted by Gasteiger charge is 2.45. The minimum absolute atomic E-state index is 0.00210. The van der Waals surface area contributed by atoms with Gasteiger partial charge in [0.1, 0.15) is 0 Å². The number of halogens is 3. The molecule has 1 aliphatic rings. The van der Waals surface area contributed by atoms with Gasteiger partial charge in [0.25, 0.3) is 0 Å². The van der Waals surface area contributed by atoms with Gasteiger partial charge in [-0.25, -0.2) is 0 Å². The molecule has 0 aromatic heterocycles. The van der Waals surface area contributed by atoms with Crippen LogP contribution in [0.4, 0.5) is 13.2 Å². The van der Waals surface area contributed by atoms with E-state index in [4.69, 9.17) is 10.2 Å². The maximum Gasteiger partial charge on any atom is 0.415 e. The zero-order valence-electron chi connectivity index (χ0n) is 8.46. The van der Waals surface area contributed by atoms with Crippen LogP contribution in [0.2, 0.25) is 0 Å². The summed E-state index contributed by atoms with van der Waals surface area (Å²) in [6.45, 7) is 0. The van der Waals surface area contributed by atoms with E-state index < -0.39 is 24.0 Å². The number of hydrogen-bond acceptors (Lipinski definition) is 3. The fourth-order valence-electron chi connectivity index (χ4n) is 1.35. The van der Waals surface area contributed by atoms with Gasteiger partial charge in [-0.3, -0.25) is 4.79 Å². The van der Waals surface area contributed by atoms with Crippen LogP contribution in [0.15, 0.2) is 0 Å². The molecule has 1 rings (SSSR count). The van der Waals surface area contributed by atoms with Crippen molar-refractivity contribution in [1.82, 2.24) is 0 Å². The molecule has 0 aliphatic heterocycles. The van der Waals surface area contributed by atoms with Crippen molar-refractivity contribution in [3.05, 3.63) is 0 Å². The summed E-state index contributed by atoms with van der Waals surface area (Å²) in [5.74, 6) is -0.980. The monoisotopic (exact) mass is 258 g/mol. The summed E-state index contributed by atoms with van der Waals surface area (Å²) in [6.07, 6.45) is -5.42. The molecule has 0 saturated heterocycles. The van der Waals surface area contributed by atoms with Crippen LogP contribution in [0.5, 0.6) is 0 Å². The van der Waals surface area contributed by atoms with E-state index in [2.05, 4.69) is 0 Å². The molecular formula is C9H13F3O3S. The highest BCUT2D eigenvalue weighted by atomic mass is 32.2. The molecule has 1 saturated carbocycles. The Bertz CT molecular complexity index is 263. The van der Waals surface area contributed by atoms with Gasteiger partial charge < -0.3 is 10.2 Å². The summed E-state index contributed by atoms with van der Waals surface area (Å²) in [4.78, 5) is 10.5. The van der Waals surface area contributed by atoms with Crippen molar-refractivity contribution in [2.45, 2.75) is 31.5 Å². The summed E-state index contributed by atoms with van der Waals surface area (Å²) in [6, 6.07) is 0. The molecule has 1 aliphatic carbocycles. The molecule has 0 radical (unpaired) electrons. The molecule has 0 heterocycles. The highest BCUT2D eigenvalue weighted by molar-refractivity contribution is 7.99. The van der Waals surface area contributed by atoms with Gasteiger partial charge in [-0.2, -0.15) is 24.9 Å². The lowest BCUT2D eigenvalue weighted by Gasteiger charge is -2.16. The largest absolute Gasteiger partial charge is 0.481 e. The Labute approximate surface area is 95.0 Å². The number of aliphatic hydroxyl groups is 1. The summed E-state index contributed by atoms with van der Waals surface area (Å²) >= 11 is 0.966. The third-order valence-electron chi connectivity index (χ3n) is 2.55. The average molecular weight is 258 g/mol. The Hall–Kier alpha value is -0.430. The second-order valence-corrected chi connectivity index (χ2v) is 5.17. The Morgan fingerprint density at radius 2 is 2.00 bits per heavy atom. The van der Waals surface area contributed by atoms with Crippen molar-refractivity contribution in [1.29, 1.82) is 0 Å². The minimum Gasteiger partial charge on any atom is -0.481 e. The van der Waals surface area contributed by atoms with E-state index in [0.717, 1.165) is 24.6 Å². The van der Waals surface area contributed by atoms with Crippen LogP contribution in [0.1, 0.15) is 19.3 Å². The van der Waals surface area contributed by atoms with Crippen LogP contribution < -0.4 is 0 Å². The van der Waals surface area contributed by atoms with Crippen molar-refractivity contribution in [3.63, 3.8) is 0 Å². The first-order valence-electron chi connectivity index (χ1n) is 4.79. The third-order valence-corrected chi connectivity index (χ3v) is 3.91. The number of carbonyl (C=O) groups is 1. The Kier molecular flexibility index (Phi) is 4.12. The second-order valence-electron chi connectivity index (χ2n) is 4.14. The molecule has 0 amide bonds. The summed E-state index contributed by atoms with van der Waals surface area (Å²) in [5.41, 5.74) is -0.332. The summed E-state index contributed by atoms with van der Waals surface area (Å²) < 4.78 is 35.8. The molecule has 1 atom stereocenters. The number of carboxylic acid groups (broad SMARTS) is 1. The molecule has 1 unspecified atom stereocenters. The summed E-state index contributed by atoms with van der Waals surface area (Å²) in [5, 5.41) is 17.3. The highest BCUT2D eigenvalue weighted by Crippen LogP contribution is 2.51. The Morgan fingerprint density at radius 3 is 2.38 bits per heavy atom. The van der Waals surface area contributed by atoms with Crippen molar-refractivity contribution in [2.24, 2.45) is 5.41 Å². The number of aliphatic hydroxyl groups excluding tert-OH is 1. The lowest BCUT2D eigenvalue weighted by Crippen LogP contribution is -2.31. The lowest BCUT2D eigenvalue weighted by molar-refractivity contribution is -0.195. The number of thioether (sulfide) groups is 1. The normalized spacial score (nSPS) is 20.5. The molecule has 0 bridgehead atoms. The number of carboxylic acids is 1. The van der Waals surface area contributed by atoms with Crippen molar-refractivity contribution in [3.8, 4) is 0 Å². The van der Waals surface area contributed by atoms with Crippen LogP contribution in [0.3, 0.4) is 0 Å². The van der Waals surface area contributed by atoms with Crippen molar-refractivity contribution in [2.75, 3.05) is 11.5 Å². The molecule has 2 N–H and O–H groups in total. The first-order chi connectivity index (χ1) is 7.25. The zero-order valence-corrected chi connectivity index (χ0v) is 9.27. The minimum atomic E-state index is -4.59. The number of alkyl halides is 3. The maximum atomic E-state index is 11.9.